The number of aryl methyl sites for hydroxylation is 2. The number of hydrogen-bond acceptors (Lipinski definition) is 9. The van der Waals surface area contributed by atoms with Crippen LogP contribution >= 0.6 is 0 Å². The highest BCUT2D eigenvalue weighted by Gasteiger charge is 2.18. The average Bonchev–Trinajstić information content (AvgIpc) is 3.31. The molecule has 4 rings (SSSR count). The molecule has 0 saturated carbocycles. The number of aromatic nitrogens is 5. The van der Waals surface area contributed by atoms with Crippen LogP contribution in [0, 0.1) is 13.8 Å². The van der Waals surface area contributed by atoms with E-state index in [1.165, 1.54) is 17.7 Å². The molecule has 4 N–H and O–H groups in total. The third kappa shape index (κ3) is 7.94. The summed E-state index contributed by atoms with van der Waals surface area (Å²) in [5, 5.41) is 16.7. The number of pyridine rings is 1. The Morgan fingerprint density at radius 1 is 1.05 bits per heavy atom. The van der Waals surface area contributed by atoms with Crippen LogP contribution in [0.5, 0.6) is 0 Å². The molecule has 0 spiro atoms. The molecule has 0 aliphatic carbocycles. The first-order valence-corrected chi connectivity index (χ1v) is 14.2. The number of aliphatic hydroxyl groups is 1. The van der Waals surface area contributed by atoms with Crippen molar-refractivity contribution in [3.05, 3.63) is 65.7 Å². The lowest BCUT2D eigenvalue weighted by atomic mass is 10.1. The first kappa shape index (κ1) is 29.9. The second-order valence-electron chi connectivity index (χ2n) is 9.61. The summed E-state index contributed by atoms with van der Waals surface area (Å²) in [6.07, 6.45) is 3.94. The van der Waals surface area contributed by atoms with Crippen LogP contribution in [0.25, 0.3) is 11.2 Å². The molecular weight excluding hydrogens is 518 g/mol. The fraction of sp³-hybridized carbons (Fsp3) is 0.407. The summed E-state index contributed by atoms with van der Waals surface area (Å²) in [5.74, 6) is 1.14. The van der Waals surface area contributed by atoms with Gasteiger partial charge in [-0.3, -0.25) is 9.54 Å². The molecule has 0 saturated heterocycles. The molecule has 0 radical (unpaired) electrons. The number of nitrogens with one attached hydrogen (secondary N) is 2. The zero-order chi connectivity index (χ0) is 28.7. The summed E-state index contributed by atoms with van der Waals surface area (Å²) in [6.45, 7) is 12.6. The van der Waals surface area contributed by atoms with E-state index in [0.29, 0.717) is 18.3 Å². The van der Waals surface area contributed by atoms with Crippen molar-refractivity contribution in [2.24, 2.45) is 0 Å². The first-order valence-electron chi connectivity index (χ1n) is 12.8. The van der Waals surface area contributed by atoms with Crippen molar-refractivity contribution >= 4 is 33.0 Å². The minimum atomic E-state index is -4.00. The number of benzene rings is 1. The fourth-order valence-electron chi connectivity index (χ4n) is 3.89. The van der Waals surface area contributed by atoms with Gasteiger partial charge in [0.25, 0.3) is 10.1 Å². The van der Waals surface area contributed by atoms with Crippen molar-refractivity contribution in [1.29, 1.82) is 0 Å². The molecule has 11 nitrogen and oxygen atoms in total. The van der Waals surface area contributed by atoms with Crippen LogP contribution in [0.4, 0.5) is 11.8 Å². The third-order valence-electron chi connectivity index (χ3n) is 6.16. The van der Waals surface area contributed by atoms with Crippen molar-refractivity contribution in [1.82, 2.24) is 24.5 Å². The molecule has 3 heterocycles. The normalized spacial score (nSPS) is 13.1. The van der Waals surface area contributed by atoms with Crippen molar-refractivity contribution in [3.8, 4) is 0 Å². The minimum Gasteiger partial charge on any atom is -0.391 e. The van der Waals surface area contributed by atoms with Gasteiger partial charge < -0.3 is 20.3 Å². The van der Waals surface area contributed by atoms with Crippen LogP contribution in [0.3, 0.4) is 0 Å². The SMILES string of the molecule is CC[C@H](Nc1nc(NCc2cnc(C)cc2C)c2ncn(C(C)C)c2n1)[C@@H](C)O.O=S(=O)(O)c1ccccc1. The standard InChI is InChI=1S/C21H31N7O.C6H6O3S/c1-7-17(15(6)29)25-21-26-19(18-20(27-21)28(11-24-18)12(2)3)23-10-16-9-22-14(5)8-13(16)4;7-10(8,9)6-4-2-1-3-5-6/h8-9,11-12,15,17,29H,7,10H2,1-6H3,(H2,23,25,26,27);1-5H,(H,7,8,9)/t15-,17+;/m1./s1. The summed E-state index contributed by atoms with van der Waals surface area (Å²) in [7, 11) is -4.00. The van der Waals surface area contributed by atoms with E-state index in [1.54, 1.807) is 31.5 Å². The second kappa shape index (κ2) is 13.0. The van der Waals surface area contributed by atoms with Gasteiger partial charge in [-0.25, -0.2) is 4.98 Å². The van der Waals surface area contributed by atoms with Crippen LogP contribution in [0.15, 0.2) is 53.8 Å². The van der Waals surface area contributed by atoms with E-state index in [2.05, 4.69) is 57.4 Å². The van der Waals surface area contributed by atoms with E-state index in [1.807, 2.05) is 24.6 Å². The Labute approximate surface area is 229 Å². The minimum absolute atomic E-state index is 0.0741. The Kier molecular flexibility index (Phi) is 9.95. The molecule has 0 fully saturated rings. The summed E-state index contributed by atoms with van der Waals surface area (Å²) in [4.78, 5) is 18.2. The number of rotatable bonds is 9. The number of fused-ring (bicyclic) bond motifs is 1. The Balaban J connectivity index is 0.000000353. The molecular formula is C27H37N7O4S. The van der Waals surface area contributed by atoms with Crippen LogP contribution in [-0.4, -0.2) is 54.7 Å². The number of anilines is 2. The quantitative estimate of drug-likeness (QED) is 0.216. The van der Waals surface area contributed by atoms with Crippen molar-refractivity contribution in [3.63, 3.8) is 0 Å². The number of imidazole rings is 1. The number of hydrogen-bond donors (Lipinski definition) is 4. The van der Waals surface area contributed by atoms with Crippen LogP contribution in [-0.2, 0) is 16.7 Å². The van der Waals surface area contributed by atoms with Crippen LogP contribution < -0.4 is 10.6 Å². The summed E-state index contributed by atoms with van der Waals surface area (Å²) in [6, 6.07) is 9.59. The number of aliphatic hydroxyl groups excluding tert-OH is 1. The van der Waals surface area contributed by atoms with Gasteiger partial charge in [0.1, 0.15) is 0 Å². The van der Waals surface area contributed by atoms with Gasteiger partial charge >= 0.3 is 0 Å². The molecule has 0 unspecified atom stereocenters. The molecule has 12 heteroatoms. The average molecular weight is 556 g/mol. The van der Waals surface area contributed by atoms with Crippen molar-refractivity contribution in [2.45, 2.75) is 77.6 Å². The highest BCUT2D eigenvalue weighted by Crippen LogP contribution is 2.25. The smallest absolute Gasteiger partial charge is 0.294 e. The third-order valence-corrected chi connectivity index (χ3v) is 7.03. The lowest BCUT2D eigenvalue weighted by molar-refractivity contribution is 0.169. The Bertz CT molecular complexity index is 1490. The lowest BCUT2D eigenvalue weighted by Gasteiger charge is -2.20. The van der Waals surface area contributed by atoms with E-state index in [0.717, 1.165) is 28.8 Å². The topological polar surface area (TPSA) is 155 Å². The Morgan fingerprint density at radius 2 is 1.74 bits per heavy atom. The molecule has 0 aliphatic rings. The molecule has 0 amide bonds. The molecule has 210 valence electrons. The maximum atomic E-state index is 10.4. The maximum absolute atomic E-state index is 10.4. The van der Waals surface area contributed by atoms with Gasteiger partial charge in [-0.15, -0.1) is 0 Å². The zero-order valence-corrected chi connectivity index (χ0v) is 23.9. The predicted octanol–water partition coefficient (Wildman–Crippen LogP) is 4.54. The summed E-state index contributed by atoms with van der Waals surface area (Å²) < 4.78 is 31.3. The first-order chi connectivity index (χ1) is 18.4. The van der Waals surface area contributed by atoms with E-state index in [4.69, 9.17) is 4.55 Å². The molecule has 4 aromatic rings. The zero-order valence-electron chi connectivity index (χ0n) is 23.1. The molecule has 2 atom stereocenters. The Hall–Kier alpha value is -3.61. The van der Waals surface area contributed by atoms with E-state index in [9.17, 15) is 13.5 Å². The van der Waals surface area contributed by atoms with Gasteiger partial charge in [-0.1, -0.05) is 25.1 Å². The van der Waals surface area contributed by atoms with Gasteiger partial charge in [0, 0.05) is 24.5 Å². The van der Waals surface area contributed by atoms with Gasteiger partial charge in [-0.2, -0.15) is 18.4 Å². The molecule has 0 bridgehead atoms. The molecule has 1 aromatic carbocycles. The molecule has 39 heavy (non-hydrogen) atoms. The highest BCUT2D eigenvalue weighted by atomic mass is 32.2. The van der Waals surface area contributed by atoms with Crippen LogP contribution in [0.1, 0.15) is 57.0 Å². The lowest BCUT2D eigenvalue weighted by Crippen LogP contribution is -2.31. The van der Waals surface area contributed by atoms with Gasteiger partial charge in [0.15, 0.2) is 17.0 Å². The number of nitrogens with zero attached hydrogens (tertiary/aromatic N) is 5. The monoisotopic (exact) mass is 555 g/mol. The largest absolute Gasteiger partial charge is 0.391 e. The summed E-state index contributed by atoms with van der Waals surface area (Å²) >= 11 is 0. The van der Waals surface area contributed by atoms with Crippen molar-refractivity contribution in [2.75, 3.05) is 10.6 Å². The fourth-order valence-corrected chi connectivity index (χ4v) is 4.39. The van der Waals surface area contributed by atoms with Crippen LogP contribution in [0.2, 0.25) is 0 Å². The summed E-state index contributed by atoms with van der Waals surface area (Å²) in [5.41, 5.74) is 4.78. The molecule has 3 aromatic heterocycles. The highest BCUT2D eigenvalue weighted by molar-refractivity contribution is 7.85. The van der Waals surface area contributed by atoms with Crippen molar-refractivity contribution < 1.29 is 18.1 Å². The van der Waals surface area contributed by atoms with E-state index >= 15 is 0 Å². The second-order valence-corrected chi connectivity index (χ2v) is 11.0. The van der Waals surface area contributed by atoms with Gasteiger partial charge in [-0.05, 0) is 70.4 Å². The Morgan fingerprint density at radius 3 is 2.28 bits per heavy atom. The van der Waals surface area contributed by atoms with E-state index < -0.39 is 16.2 Å². The maximum Gasteiger partial charge on any atom is 0.294 e. The van der Waals surface area contributed by atoms with Gasteiger partial charge in [0.05, 0.1) is 23.4 Å². The molecule has 0 aliphatic heterocycles. The van der Waals surface area contributed by atoms with E-state index in [-0.39, 0.29) is 17.0 Å². The van der Waals surface area contributed by atoms with Gasteiger partial charge in [0.2, 0.25) is 5.95 Å². The predicted molar refractivity (Wildman–Crippen MR) is 152 cm³/mol.